The zero-order valence-corrected chi connectivity index (χ0v) is 11.6. The zero-order chi connectivity index (χ0) is 14.3. The maximum atomic E-state index is 12.2. The number of ether oxygens (including phenoxy) is 2. The molecule has 1 heterocycles. The zero-order valence-electron chi connectivity index (χ0n) is 11.6. The Labute approximate surface area is 114 Å². The van der Waals surface area contributed by atoms with Crippen molar-refractivity contribution in [1.29, 1.82) is 0 Å². The van der Waals surface area contributed by atoms with Crippen LogP contribution in [0.3, 0.4) is 0 Å². The highest BCUT2D eigenvalue weighted by atomic mass is 16.7. The number of aliphatic hydroxyl groups is 1. The van der Waals surface area contributed by atoms with Gasteiger partial charge < -0.3 is 14.6 Å². The summed E-state index contributed by atoms with van der Waals surface area (Å²) in [5, 5.41) is 12.8. The van der Waals surface area contributed by atoms with Crippen LogP contribution in [0.1, 0.15) is 17.3 Å². The van der Waals surface area contributed by atoms with Gasteiger partial charge in [0.05, 0.1) is 0 Å². The van der Waals surface area contributed by atoms with Crippen molar-refractivity contribution < 1.29 is 19.4 Å². The van der Waals surface area contributed by atoms with Crippen LogP contribution in [0.4, 0.5) is 0 Å². The van der Waals surface area contributed by atoms with Crippen LogP contribution in [0, 0.1) is 0 Å². The summed E-state index contributed by atoms with van der Waals surface area (Å²) in [6.45, 7) is 1.44. The second-order valence-corrected chi connectivity index (χ2v) is 5.20. The molecule has 5 nitrogen and oxygen atoms in total. The summed E-state index contributed by atoms with van der Waals surface area (Å²) >= 11 is 0. The predicted molar refractivity (Wildman–Crippen MR) is 79.0 cm³/mol. The Bertz CT molecular complexity index is 519. The first-order valence-corrected chi connectivity index (χ1v) is 6.29. The SMILES string of the molecule is BCN[C@@](C)(O)C(=O)c1ccc2c(c1)OC(B)(B)O2. The molecular formula is C11H16B3NO4. The first-order valence-electron chi connectivity index (χ1n) is 6.29. The highest BCUT2D eigenvalue weighted by molar-refractivity contribution is 6.38. The lowest BCUT2D eigenvalue weighted by atomic mass is 9.76. The summed E-state index contributed by atoms with van der Waals surface area (Å²) in [5.41, 5.74) is -1.93. The second kappa shape index (κ2) is 4.61. The first-order chi connectivity index (χ1) is 8.75. The van der Waals surface area contributed by atoms with Crippen molar-refractivity contribution in [3.05, 3.63) is 23.8 Å². The third kappa shape index (κ3) is 2.79. The van der Waals surface area contributed by atoms with Gasteiger partial charge in [-0.3, -0.25) is 10.1 Å². The minimum Gasteiger partial charge on any atom is -0.467 e. The van der Waals surface area contributed by atoms with Crippen LogP contribution in [0.2, 0.25) is 0 Å². The maximum absolute atomic E-state index is 12.2. The molecule has 0 saturated carbocycles. The van der Waals surface area contributed by atoms with E-state index >= 15 is 0 Å². The van der Waals surface area contributed by atoms with Gasteiger partial charge in [0.15, 0.2) is 38.5 Å². The molecule has 2 rings (SSSR count). The molecule has 0 aromatic heterocycles. The van der Waals surface area contributed by atoms with Gasteiger partial charge in [-0.1, -0.05) is 0 Å². The predicted octanol–water partition coefficient (Wildman–Crippen LogP) is -2.59. The number of hydrogen-bond donors (Lipinski definition) is 2. The number of hydrogen-bond acceptors (Lipinski definition) is 5. The van der Waals surface area contributed by atoms with Crippen molar-refractivity contribution in [2.75, 3.05) is 6.44 Å². The van der Waals surface area contributed by atoms with E-state index in [4.69, 9.17) is 9.47 Å². The molecule has 1 aromatic rings. The topological polar surface area (TPSA) is 67.8 Å². The van der Waals surface area contributed by atoms with Crippen LogP contribution < -0.4 is 14.8 Å². The van der Waals surface area contributed by atoms with E-state index in [9.17, 15) is 9.90 Å². The Morgan fingerprint density at radius 1 is 1.42 bits per heavy atom. The van der Waals surface area contributed by atoms with Crippen molar-refractivity contribution in [2.45, 2.75) is 18.2 Å². The Hall–Kier alpha value is -1.40. The summed E-state index contributed by atoms with van der Waals surface area (Å²) in [6, 6.07) is 4.90. The molecule has 0 radical (unpaired) electrons. The number of rotatable bonds is 4. The van der Waals surface area contributed by atoms with E-state index in [1.807, 2.05) is 7.85 Å². The van der Waals surface area contributed by atoms with Gasteiger partial charge in [-0.15, -0.1) is 0 Å². The van der Waals surface area contributed by atoms with Gasteiger partial charge in [0, 0.05) is 5.56 Å². The quantitative estimate of drug-likeness (QED) is 0.352. The third-order valence-corrected chi connectivity index (χ3v) is 2.88. The number of nitrogens with one attached hydrogen (secondary N) is 1. The summed E-state index contributed by atoms with van der Waals surface area (Å²) in [5.74, 6) is 0.721. The molecule has 1 aliphatic rings. The molecule has 0 fully saturated rings. The third-order valence-electron chi connectivity index (χ3n) is 2.88. The molecule has 1 atom stereocenters. The first kappa shape index (κ1) is 14.0. The largest absolute Gasteiger partial charge is 0.467 e. The van der Waals surface area contributed by atoms with E-state index < -0.39 is 17.1 Å². The Kier molecular flexibility index (Phi) is 3.41. The van der Waals surface area contributed by atoms with Crippen LogP contribution in [-0.2, 0) is 0 Å². The monoisotopic (exact) mass is 259 g/mol. The van der Waals surface area contributed by atoms with E-state index in [2.05, 4.69) is 5.32 Å². The van der Waals surface area contributed by atoms with Crippen LogP contribution in [0.5, 0.6) is 11.5 Å². The molecule has 1 aliphatic heterocycles. The van der Waals surface area contributed by atoms with Crippen LogP contribution in [0.25, 0.3) is 0 Å². The number of carbonyl (C=O) groups excluding carboxylic acids is 1. The molecule has 0 aliphatic carbocycles. The molecule has 0 bridgehead atoms. The summed E-state index contributed by atoms with van der Waals surface area (Å²) in [7, 11) is 5.41. The lowest BCUT2D eigenvalue weighted by molar-refractivity contribution is 0.0263. The molecule has 2 N–H and O–H groups in total. The molecule has 0 unspecified atom stereocenters. The van der Waals surface area contributed by atoms with Gasteiger partial charge >= 0.3 is 0 Å². The minimum absolute atomic E-state index is 0.381. The molecule has 98 valence electrons. The summed E-state index contributed by atoms with van der Waals surface area (Å²) in [6.07, 6.45) is 0.496. The molecule has 19 heavy (non-hydrogen) atoms. The fourth-order valence-electron chi connectivity index (χ4n) is 2.07. The van der Waals surface area contributed by atoms with Crippen molar-refractivity contribution in [1.82, 2.24) is 5.32 Å². The fourth-order valence-corrected chi connectivity index (χ4v) is 2.07. The molecule has 0 amide bonds. The van der Waals surface area contributed by atoms with Gasteiger partial charge in [-0.2, -0.15) is 0 Å². The highest BCUT2D eigenvalue weighted by Gasteiger charge is 2.34. The average Bonchev–Trinajstić information content (AvgIpc) is 2.60. The van der Waals surface area contributed by atoms with E-state index in [-0.39, 0.29) is 0 Å². The Morgan fingerprint density at radius 2 is 2.05 bits per heavy atom. The second-order valence-electron chi connectivity index (χ2n) is 5.20. The number of fused-ring (bicyclic) bond motifs is 1. The van der Waals surface area contributed by atoms with E-state index in [1.165, 1.54) is 6.92 Å². The number of ketones is 1. The minimum atomic E-state index is -1.59. The highest BCUT2D eigenvalue weighted by Crippen LogP contribution is 2.38. The van der Waals surface area contributed by atoms with Gasteiger partial charge in [-0.25, -0.2) is 0 Å². The van der Waals surface area contributed by atoms with Gasteiger partial charge in [-0.05, 0) is 31.6 Å². The molecule has 1 aromatic carbocycles. The molecule has 8 heteroatoms. The maximum Gasteiger partial charge on any atom is 0.209 e. The fraction of sp³-hybridized carbons (Fsp3) is 0.364. The van der Waals surface area contributed by atoms with Crippen LogP contribution in [0.15, 0.2) is 18.2 Å². The number of Topliss-reactive ketones (excluding diaryl/α,β-unsaturated/α-hetero) is 1. The van der Waals surface area contributed by atoms with Crippen LogP contribution in [-0.4, -0.2) is 52.2 Å². The normalized spacial score (nSPS) is 18.8. The van der Waals surface area contributed by atoms with E-state index in [0.29, 0.717) is 23.5 Å². The van der Waals surface area contributed by atoms with Crippen molar-refractivity contribution in [3.63, 3.8) is 0 Å². The number of carbonyl (C=O) groups is 1. The Morgan fingerprint density at radius 3 is 2.68 bits per heavy atom. The lowest BCUT2D eigenvalue weighted by Gasteiger charge is -2.22. The lowest BCUT2D eigenvalue weighted by Crippen LogP contribution is -2.49. The summed E-state index contributed by atoms with van der Waals surface area (Å²) in [4.78, 5) is 12.2. The van der Waals surface area contributed by atoms with E-state index in [0.717, 1.165) is 0 Å². The van der Waals surface area contributed by atoms with Crippen molar-refractivity contribution in [2.24, 2.45) is 0 Å². The molecule has 0 spiro atoms. The standard InChI is InChI=1S/C11H16B3NO4/c1-10(17,15-5-12)9(16)6-2-3-7-8(4-6)19-11(13,14)18-7/h2-4,15,17H,5,12-14H2,1H3/t10-/m0/s1. The number of benzene rings is 1. The van der Waals surface area contributed by atoms with E-state index in [1.54, 1.807) is 33.9 Å². The molecular weight excluding hydrogens is 243 g/mol. The van der Waals surface area contributed by atoms with Crippen molar-refractivity contribution >= 4 is 29.3 Å². The summed E-state index contributed by atoms with van der Waals surface area (Å²) < 4.78 is 11.1. The average molecular weight is 259 g/mol. The molecule has 0 saturated heterocycles. The Balaban J connectivity index is 2.27. The van der Waals surface area contributed by atoms with Gasteiger partial charge in [0.2, 0.25) is 5.78 Å². The smallest absolute Gasteiger partial charge is 0.209 e. The van der Waals surface area contributed by atoms with Crippen molar-refractivity contribution in [3.8, 4) is 11.5 Å². The van der Waals surface area contributed by atoms with Gasteiger partial charge in [0.1, 0.15) is 7.85 Å². The van der Waals surface area contributed by atoms with Gasteiger partial charge in [0.25, 0.3) is 0 Å². The van der Waals surface area contributed by atoms with Crippen LogP contribution >= 0.6 is 0 Å².